The summed E-state index contributed by atoms with van der Waals surface area (Å²) in [6.07, 6.45) is 0. The Bertz CT molecular complexity index is 364. The number of carbonyl (C=O) groups excluding carboxylic acids is 1. The standard InChI is InChI=1S/C10H16N4O/c1-13-10(15)6-14(2)7-3-4-8(11)9(12)5-7/h3-5H,6,11-12H2,1-2H3,(H,13,15). The number of nitrogens with two attached hydrogens (primary N) is 2. The molecular weight excluding hydrogens is 192 g/mol. The summed E-state index contributed by atoms with van der Waals surface area (Å²) < 4.78 is 0. The Labute approximate surface area is 89.0 Å². The SMILES string of the molecule is CNC(=O)CN(C)c1ccc(N)c(N)c1. The number of nitrogen functional groups attached to an aromatic ring is 2. The van der Waals surface area contributed by atoms with Crippen molar-refractivity contribution >= 4 is 23.0 Å². The second-order valence-corrected chi connectivity index (χ2v) is 3.34. The lowest BCUT2D eigenvalue weighted by atomic mass is 10.2. The molecule has 5 heteroatoms. The van der Waals surface area contributed by atoms with Crippen LogP contribution in [0.3, 0.4) is 0 Å². The number of hydrogen-bond donors (Lipinski definition) is 3. The van der Waals surface area contributed by atoms with Gasteiger partial charge in [0.15, 0.2) is 0 Å². The van der Waals surface area contributed by atoms with E-state index < -0.39 is 0 Å². The van der Waals surface area contributed by atoms with E-state index in [1.807, 2.05) is 13.1 Å². The largest absolute Gasteiger partial charge is 0.397 e. The van der Waals surface area contributed by atoms with Gasteiger partial charge in [0.1, 0.15) is 0 Å². The fourth-order valence-corrected chi connectivity index (χ4v) is 1.19. The molecule has 0 radical (unpaired) electrons. The Hall–Kier alpha value is -1.91. The van der Waals surface area contributed by atoms with E-state index in [0.29, 0.717) is 17.9 Å². The summed E-state index contributed by atoms with van der Waals surface area (Å²) in [7, 11) is 3.42. The zero-order valence-corrected chi connectivity index (χ0v) is 8.95. The predicted molar refractivity (Wildman–Crippen MR) is 62.6 cm³/mol. The highest BCUT2D eigenvalue weighted by molar-refractivity contribution is 5.81. The van der Waals surface area contributed by atoms with Crippen molar-refractivity contribution in [1.29, 1.82) is 0 Å². The van der Waals surface area contributed by atoms with Crippen molar-refractivity contribution in [3.05, 3.63) is 18.2 Å². The second kappa shape index (κ2) is 4.54. The Balaban J connectivity index is 2.78. The van der Waals surface area contributed by atoms with E-state index in [1.165, 1.54) is 0 Å². The first kappa shape index (κ1) is 11.2. The first-order chi connectivity index (χ1) is 7.04. The highest BCUT2D eigenvalue weighted by atomic mass is 16.1. The lowest BCUT2D eigenvalue weighted by Crippen LogP contribution is -2.32. The topological polar surface area (TPSA) is 84.4 Å². The van der Waals surface area contributed by atoms with Crippen LogP contribution in [-0.2, 0) is 4.79 Å². The van der Waals surface area contributed by atoms with Crippen molar-refractivity contribution in [3.63, 3.8) is 0 Å². The number of hydrogen-bond acceptors (Lipinski definition) is 4. The van der Waals surface area contributed by atoms with E-state index in [1.54, 1.807) is 24.1 Å². The first-order valence-electron chi connectivity index (χ1n) is 4.61. The fraction of sp³-hybridized carbons (Fsp3) is 0.300. The molecule has 0 aromatic heterocycles. The van der Waals surface area contributed by atoms with Crippen molar-refractivity contribution in [2.75, 3.05) is 37.0 Å². The van der Waals surface area contributed by atoms with Crippen LogP contribution in [0.1, 0.15) is 0 Å². The molecule has 0 aliphatic heterocycles. The summed E-state index contributed by atoms with van der Waals surface area (Å²) in [6, 6.07) is 5.30. The van der Waals surface area contributed by atoms with Crippen LogP contribution >= 0.6 is 0 Å². The maximum atomic E-state index is 11.1. The third-order valence-corrected chi connectivity index (χ3v) is 2.17. The van der Waals surface area contributed by atoms with Gasteiger partial charge in [0.25, 0.3) is 0 Å². The van der Waals surface area contributed by atoms with Gasteiger partial charge in [0.2, 0.25) is 5.91 Å². The molecule has 0 unspecified atom stereocenters. The Morgan fingerprint density at radius 2 is 2.07 bits per heavy atom. The van der Waals surface area contributed by atoms with Crippen molar-refractivity contribution in [3.8, 4) is 0 Å². The maximum Gasteiger partial charge on any atom is 0.239 e. The van der Waals surface area contributed by atoms with E-state index in [-0.39, 0.29) is 5.91 Å². The molecule has 0 aliphatic carbocycles. The predicted octanol–water partition coefficient (Wildman–Crippen LogP) is 0.0332. The number of anilines is 3. The number of benzene rings is 1. The molecule has 0 bridgehead atoms. The summed E-state index contributed by atoms with van der Waals surface area (Å²) >= 11 is 0. The number of amides is 1. The molecule has 0 spiro atoms. The Morgan fingerprint density at radius 1 is 1.40 bits per heavy atom. The van der Waals surface area contributed by atoms with Gasteiger partial charge >= 0.3 is 0 Å². The second-order valence-electron chi connectivity index (χ2n) is 3.34. The van der Waals surface area contributed by atoms with Crippen molar-refractivity contribution < 1.29 is 4.79 Å². The quantitative estimate of drug-likeness (QED) is 0.612. The minimum absolute atomic E-state index is 0.0482. The molecule has 5 nitrogen and oxygen atoms in total. The maximum absolute atomic E-state index is 11.1. The smallest absolute Gasteiger partial charge is 0.239 e. The van der Waals surface area contributed by atoms with Gasteiger partial charge in [-0.25, -0.2) is 0 Å². The Kier molecular flexibility index (Phi) is 3.38. The van der Waals surface area contributed by atoms with Crippen LogP contribution in [-0.4, -0.2) is 26.5 Å². The van der Waals surface area contributed by atoms with E-state index in [4.69, 9.17) is 11.5 Å². The molecule has 0 heterocycles. The van der Waals surface area contributed by atoms with Crippen LogP contribution < -0.4 is 21.7 Å². The molecule has 1 amide bonds. The van der Waals surface area contributed by atoms with Gasteiger partial charge < -0.3 is 21.7 Å². The van der Waals surface area contributed by atoms with Gasteiger partial charge in [-0.15, -0.1) is 0 Å². The number of likely N-dealkylation sites (N-methyl/N-ethyl adjacent to an activating group) is 2. The van der Waals surface area contributed by atoms with Crippen LogP contribution in [0.5, 0.6) is 0 Å². The van der Waals surface area contributed by atoms with Gasteiger partial charge in [-0.05, 0) is 18.2 Å². The average Bonchev–Trinajstić information content (AvgIpc) is 2.21. The van der Waals surface area contributed by atoms with E-state index in [2.05, 4.69) is 5.32 Å². The van der Waals surface area contributed by atoms with Crippen LogP contribution in [0.25, 0.3) is 0 Å². The number of nitrogens with one attached hydrogen (secondary N) is 1. The number of rotatable bonds is 3. The third kappa shape index (κ3) is 2.77. The molecule has 1 rings (SSSR count). The van der Waals surface area contributed by atoms with Crippen molar-refractivity contribution in [1.82, 2.24) is 5.32 Å². The summed E-state index contributed by atoms with van der Waals surface area (Å²) in [5.74, 6) is -0.0482. The number of nitrogens with zero attached hydrogens (tertiary/aromatic N) is 1. The third-order valence-electron chi connectivity index (χ3n) is 2.17. The zero-order chi connectivity index (χ0) is 11.4. The molecule has 15 heavy (non-hydrogen) atoms. The first-order valence-corrected chi connectivity index (χ1v) is 4.61. The van der Waals surface area contributed by atoms with E-state index in [9.17, 15) is 4.79 Å². The Morgan fingerprint density at radius 3 is 2.60 bits per heavy atom. The minimum atomic E-state index is -0.0482. The molecule has 0 fully saturated rings. The zero-order valence-electron chi connectivity index (χ0n) is 8.95. The van der Waals surface area contributed by atoms with Gasteiger partial charge in [0.05, 0.1) is 17.9 Å². The molecular formula is C10H16N4O. The van der Waals surface area contributed by atoms with Crippen LogP contribution in [0, 0.1) is 0 Å². The van der Waals surface area contributed by atoms with Gasteiger partial charge in [0, 0.05) is 19.8 Å². The summed E-state index contributed by atoms with van der Waals surface area (Å²) in [5.41, 5.74) is 13.2. The monoisotopic (exact) mass is 208 g/mol. The molecule has 1 aromatic rings. The minimum Gasteiger partial charge on any atom is -0.397 e. The molecule has 1 aromatic carbocycles. The fourth-order valence-electron chi connectivity index (χ4n) is 1.19. The highest BCUT2D eigenvalue weighted by Crippen LogP contribution is 2.21. The summed E-state index contributed by atoms with van der Waals surface area (Å²) in [5, 5.41) is 2.56. The summed E-state index contributed by atoms with van der Waals surface area (Å²) in [4.78, 5) is 12.9. The molecule has 82 valence electrons. The van der Waals surface area contributed by atoms with E-state index in [0.717, 1.165) is 5.69 Å². The summed E-state index contributed by atoms with van der Waals surface area (Å²) in [6.45, 7) is 0.292. The van der Waals surface area contributed by atoms with Crippen LogP contribution in [0.2, 0.25) is 0 Å². The lowest BCUT2D eigenvalue weighted by Gasteiger charge is -2.18. The lowest BCUT2D eigenvalue weighted by molar-refractivity contribution is -0.119. The van der Waals surface area contributed by atoms with Crippen molar-refractivity contribution in [2.45, 2.75) is 0 Å². The molecule has 0 saturated heterocycles. The molecule has 0 aliphatic rings. The van der Waals surface area contributed by atoms with Gasteiger partial charge in [-0.2, -0.15) is 0 Å². The van der Waals surface area contributed by atoms with E-state index >= 15 is 0 Å². The van der Waals surface area contributed by atoms with Gasteiger partial charge in [-0.1, -0.05) is 0 Å². The highest BCUT2D eigenvalue weighted by Gasteiger charge is 2.06. The van der Waals surface area contributed by atoms with Crippen LogP contribution in [0.4, 0.5) is 17.1 Å². The molecule has 0 saturated carbocycles. The van der Waals surface area contributed by atoms with Gasteiger partial charge in [-0.3, -0.25) is 4.79 Å². The molecule has 0 atom stereocenters. The van der Waals surface area contributed by atoms with Crippen molar-refractivity contribution in [2.24, 2.45) is 0 Å². The number of carbonyl (C=O) groups is 1. The molecule has 5 N–H and O–H groups in total. The normalized spacial score (nSPS) is 9.73. The average molecular weight is 208 g/mol. The van der Waals surface area contributed by atoms with Crippen LogP contribution in [0.15, 0.2) is 18.2 Å².